The highest BCUT2D eigenvalue weighted by Gasteiger charge is 2.10. The molecular formula is C14H16N4O. The summed E-state index contributed by atoms with van der Waals surface area (Å²) in [5, 5.41) is 14.8. The lowest BCUT2D eigenvalue weighted by Gasteiger charge is -2.04. The molecule has 0 bridgehead atoms. The summed E-state index contributed by atoms with van der Waals surface area (Å²) in [6.45, 7) is 2.71. The third-order valence-electron chi connectivity index (χ3n) is 3.32. The van der Waals surface area contributed by atoms with Gasteiger partial charge in [0, 0.05) is 30.4 Å². The van der Waals surface area contributed by atoms with Gasteiger partial charge in [-0.15, -0.1) is 0 Å². The van der Waals surface area contributed by atoms with Gasteiger partial charge in [-0.1, -0.05) is 0 Å². The molecule has 0 saturated carbocycles. The highest BCUT2D eigenvalue weighted by atomic mass is 16.3. The molecule has 0 amide bonds. The van der Waals surface area contributed by atoms with Crippen LogP contribution < -0.4 is 0 Å². The number of aromatic nitrogens is 4. The third kappa shape index (κ3) is 2.02. The van der Waals surface area contributed by atoms with Crippen molar-refractivity contribution in [3.63, 3.8) is 0 Å². The van der Waals surface area contributed by atoms with E-state index in [-0.39, 0.29) is 6.61 Å². The SMILES string of the molecule is Cc1cc(Cn2cc(CO)c3cccnc32)n(C)n1. The zero-order valence-electron chi connectivity index (χ0n) is 11.0. The van der Waals surface area contributed by atoms with Gasteiger partial charge in [0.2, 0.25) is 0 Å². The molecule has 0 spiro atoms. The summed E-state index contributed by atoms with van der Waals surface area (Å²) >= 11 is 0. The first-order valence-corrected chi connectivity index (χ1v) is 6.22. The molecule has 0 radical (unpaired) electrons. The monoisotopic (exact) mass is 256 g/mol. The Balaban J connectivity index is 2.08. The predicted octanol–water partition coefficient (Wildman–Crippen LogP) is 1.62. The average molecular weight is 256 g/mol. The molecule has 5 heteroatoms. The molecule has 5 nitrogen and oxygen atoms in total. The molecule has 3 aromatic heterocycles. The number of aliphatic hydroxyl groups is 1. The molecule has 0 aliphatic rings. The van der Waals surface area contributed by atoms with Crippen LogP contribution in [-0.2, 0) is 20.2 Å². The summed E-state index contributed by atoms with van der Waals surface area (Å²) in [5.74, 6) is 0. The van der Waals surface area contributed by atoms with Crippen LogP contribution in [0.4, 0.5) is 0 Å². The Kier molecular flexibility index (Phi) is 2.83. The molecule has 0 fully saturated rings. The Morgan fingerprint density at radius 2 is 2.21 bits per heavy atom. The fourth-order valence-corrected chi connectivity index (χ4v) is 2.43. The first-order valence-electron chi connectivity index (χ1n) is 6.22. The lowest BCUT2D eigenvalue weighted by atomic mass is 10.2. The Morgan fingerprint density at radius 1 is 1.37 bits per heavy atom. The van der Waals surface area contributed by atoms with E-state index in [1.807, 2.05) is 37.0 Å². The van der Waals surface area contributed by atoms with E-state index in [1.54, 1.807) is 6.20 Å². The lowest BCUT2D eigenvalue weighted by Crippen LogP contribution is -2.05. The fraction of sp³-hybridized carbons (Fsp3) is 0.286. The third-order valence-corrected chi connectivity index (χ3v) is 3.32. The number of aryl methyl sites for hydroxylation is 2. The number of fused-ring (bicyclic) bond motifs is 1. The Labute approximate surface area is 111 Å². The van der Waals surface area contributed by atoms with Gasteiger partial charge in [0.05, 0.1) is 24.5 Å². The fourth-order valence-electron chi connectivity index (χ4n) is 2.43. The molecule has 19 heavy (non-hydrogen) atoms. The summed E-state index contributed by atoms with van der Waals surface area (Å²) in [4.78, 5) is 4.40. The van der Waals surface area contributed by atoms with Crippen LogP contribution in [0.3, 0.4) is 0 Å². The maximum absolute atomic E-state index is 9.42. The van der Waals surface area contributed by atoms with E-state index < -0.39 is 0 Å². The summed E-state index contributed by atoms with van der Waals surface area (Å²) in [5.41, 5.74) is 3.92. The van der Waals surface area contributed by atoms with Crippen LogP contribution in [0, 0.1) is 6.92 Å². The zero-order chi connectivity index (χ0) is 13.4. The molecule has 98 valence electrons. The second-order valence-electron chi connectivity index (χ2n) is 4.72. The van der Waals surface area contributed by atoms with Crippen molar-refractivity contribution in [1.29, 1.82) is 0 Å². The van der Waals surface area contributed by atoms with Crippen molar-refractivity contribution >= 4 is 11.0 Å². The minimum Gasteiger partial charge on any atom is -0.392 e. The molecule has 0 aliphatic carbocycles. The number of hydrogen-bond acceptors (Lipinski definition) is 3. The normalized spacial score (nSPS) is 11.3. The Bertz CT molecular complexity index is 726. The summed E-state index contributed by atoms with van der Waals surface area (Å²) in [6, 6.07) is 5.94. The van der Waals surface area contributed by atoms with E-state index in [0.29, 0.717) is 6.54 Å². The van der Waals surface area contributed by atoms with Crippen LogP contribution in [0.1, 0.15) is 17.0 Å². The molecule has 0 aromatic carbocycles. The van der Waals surface area contributed by atoms with Gasteiger partial charge in [0.1, 0.15) is 5.65 Å². The van der Waals surface area contributed by atoms with Gasteiger partial charge in [-0.2, -0.15) is 5.10 Å². The van der Waals surface area contributed by atoms with Crippen molar-refractivity contribution in [2.75, 3.05) is 0 Å². The van der Waals surface area contributed by atoms with Crippen molar-refractivity contribution in [3.8, 4) is 0 Å². The van der Waals surface area contributed by atoms with E-state index in [9.17, 15) is 5.11 Å². The van der Waals surface area contributed by atoms with Crippen LogP contribution in [0.5, 0.6) is 0 Å². The zero-order valence-corrected chi connectivity index (χ0v) is 11.0. The lowest BCUT2D eigenvalue weighted by molar-refractivity contribution is 0.283. The van der Waals surface area contributed by atoms with E-state index in [0.717, 1.165) is 28.0 Å². The molecule has 0 aliphatic heterocycles. The Morgan fingerprint density at radius 3 is 2.89 bits per heavy atom. The standard InChI is InChI=1S/C14H16N4O/c1-10-6-12(17(2)16-10)8-18-7-11(9-19)13-4-3-5-15-14(13)18/h3-7,19H,8-9H2,1-2H3. The maximum Gasteiger partial charge on any atom is 0.140 e. The van der Waals surface area contributed by atoms with Crippen LogP contribution in [0.25, 0.3) is 11.0 Å². The van der Waals surface area contributed by atoms with Crippen LogP contribution in [-0.4, -0.2) is 24.4 Å². The molecule has 1 N–H and O–H groups in total. The van der Waals surface area contributed by atoms with Crippen LogP contribution in [0.15, 0.2) is 30.6 Å². The first kappa shape index (κ1) is 11.9. The second-order valence-corrected chi connectivity index (χ2v) is 4.72. The molecule has 3 heterocycles. The molecule has 0 unspecified atom stereocenters. The number of aliphatic hydroxyl groups excluding tert-OH is 1. The first-order chi connectivity index (χ1) is 9.19. The highest BCUT2D eigenvalue weighted by Crippen LogP contribution is 2.20. The van der Waals surface area contributed by atoms with Gasteiger partial charge in [0.15, 0.2) is 0 Å². The Hall–Kier alpha value is -2.14. The number of nitrogens with zero attached hydrogens (tertiary/aromatic N) is 4. The topological polar surface area (TPSA) is 55.9 Å². The molecule has 0 saturated heterocycles. The van der Waals surface area contributed by atoms with Crippen LogP contribution in [0.2, 0.25) is 0 Å². The van der Waals surface area contributed by atoms with Gasteiger partial charge < -0.3 is 9.67 Å². The minimum atomic E-state index is 0.0274. The number of rotatable bonds is 3. The van der Waals surface area contributed by atoms with Gasteiger partial charge >= 0.3 is 0 Å². The predicted molar refractivity (Wildman–Crippen MR) is 72.7 cm³/mol. The summed E-state index contributed by atoms with van der Waals surface area (Å²) in [7, 11) is 1.94. The minimum absolute atomic E-state index is 0.0274. The summed E-state index contributed by atoms with van der Waals surface area (Å²) < 4.78 is 3.93. The van der Waals surface area contributed by atoms with Crippen molar-refractivity contribution in [3.05, 3.63) is 47.5 Å². The average Bonchev–Trinajstić information content (AvgIpc) is 2.91. The van der Waals surface area contributed by atoms with E-state index in [1.165, 1.54) is 0 Å². The van der Waals surface area contributed by atoms with Gasteiger partial charge in [-0.05, 0) is 25.1 Å². The summed E-state index contributed by atoms with van der Waals surface area (Å²) in [6.07, 6.45) is 3.73. The quantitative estimate of drug-likeness (QED) is 0.774. The maximum atomic E-state index is 9.42. The van der Waals surface area contributed by atoms with Crippen LogP contribution >= 0.6 is 0 Å². The van der Waals surface area contributed by atoms with Gasteiger partial charge in [0.25, 0.3) is 0 Å². The molecule has 3 aromatic rings. The van der Waals surface area contributed by atoms with Gasteiger partial charge in [-0.25, -0.2) is 4.98 Å². The van der Waals surface area contributed by atoms with E-state index in [2.05, 4.69) is 20.7 Å². The van der Waals surface area contributed by atoms with E-state index >= 15 is 0 Å². The molecule has 0 atom stereocenters. The van der Waals surface area contributed by atoms with Crippen molar-refractivity contribution in [1.82, 2.24) is 19.3 Å². The number of pyridine rings is 1. The van der Waals surface area contributed by atoms with E-state index in [4.69, 9.17) is 0 Å². The van der Waals surface area contributed by atoms with Crippen molar-refractivity contribution in [2.24, 2.45) is 7.05 Å². The highest BCUT2D eigenvalue weighted by molar-refractivity contribution is 5.80. The molecular weight excluding hydrogens is 240 g/mol. The second kappa shape index (κ2) is 4.51. The largest absolute Gasteiger partial charge is 0.392 e. The smallest absolute Gasteiger partial charge is 0.140 e. The molecule has 3 rings (SSSR count). The van der Waals surface area contributed by atoms with Crippen molar-refractivity contribution in [2.45, 2.75) is 20.1 Å². The number of hydrogen-bond donors (Lipinski definition) is 1. The van der Waals surface area contributed by atoms with Gasteiger partial charge in [-0.3, -0.25) is 4.68 Å². The van der Waals surface area contributed by atoms with Crippen molar-refractivity contribution < 1.29 is 5.11 Å².